The minimum Gasteiger partial charge on any atom is -0.453 e. The Labute approximate surface area is 117 Å². The second kappa shape index (κ2) is 11.9. The van der Waals surface area contributed by atoms with Crippen LogP contribution < -0.4 is 21.3 Å². The van der Waals surface area contributed by atoms with Gasteiger partial charge in [0.15, 0.2) is 0 Å². The third-order valence-electron chi connectivity index (χ3n) is 2.19. The Morgan fingerprint density at radius 1 is 0.700 bits per heavy atom. The Morgan fingerprint density at radius 3 is 1.40 bits per heavy atom. The molecule has 9 heteroatoms. The largest absolute Gasteiger partial charge is 0.453 e. The summed E-state index contributed by atoms with van der Waals surface area (Å²) in [6, 6.07) is -0.291. The van der Waals surface area contributed by atoms with Crippen molar-refractivity contribution in [3.63, 3.8) is 0 Å². The van der Waals surface area contributed by atoms with Crippen LogP contribution in [0, 0.1) is 0 Å². The van der Waals surface area contributed by atoms with Crippen molar-refractivity contribution in [3.8, 4) is 0 Å². The molecule has 0 aliphatic rings. The summed E-state index contributed by atoms with van der Waals surface area (Å²) in [6.07, 6.45) is 0.221. The Morgan fingerprint density at radius 2 is 1.05 bits per heavy atom. The fourth-order valence-electron chi connectivity index (χ4n) is 1.17. The van der Waals surface area contributed by atoms with Crippen molar-refractivity contribution in [3.05, 3.63) is 0 Å². The molecule has 4 N–H and O–H groups in total. The molecule has 0 saturated heterocycles. The van der Waals surface area contributed by atoms with Crippen LogP contribution in [0.15, 0.2) is 0 Å². The molecule has 116 valence electrons. The first-order chi connectivity index (χ1) is 9.60. The van der Waals surface area contributed by atoms with Gasteiger partial charge in [-0.05, 0) is 12.8 Å². The van der Waals surface area contributed by atoms with Gasteiger partial charge in [-0.15, -0.1) is 0 Å². The lowest BCUT2D eigenvalue weighted by Gasteiger charge is -2.08. The highest BCUT2D eigenvalue weighted by Crippen LogP contribution is 1.79. The zero-order chi connectivity index (χ0) is 15.2. The van der Waals surface area contributed by atoms with E-state index in [1.807, 2.05) is 0 Å². The highest BCUT2D eigenvalue weighted by molar-refractivity contribution is 5.73. The van der Waals surface area contributed by atoms with Crippen LogP contribution in [0.3, 0.4) is 0 Å². The number of rotatable bonds is 8. The van der Waals surface area contributed by atoms with Crippen molar-refractivity contribution < 1.29 is 23.9 Å². The minimum absolute atomic E-state index is 0.291. The van der Waals surface area contributed by atoms with Crippen LogP contribution in [-0.2, 0) is 9.47 Å². The molecule has 0 spiro atoms. The first kappa shape index (κ1) is 17.8. The molecule has 20 heavy (non-hydrogen) atoms. The van der Waals surface area contributed by atoms with Gasteiger partial charge in [0.2, 0.25) is 0 Å². The number of methoxy groups -OCH3 is 2. The molecule has 0 fully saturated rings. The number of urea groups is 1. The summed E-state index contributed by atoms with van der Waals surface area (Å²) in [5, 5.41) is 10.3. The summed E-state index contributed by atoms with van der Waals surface area (Å²) in [4.78, 5) is 32.7. The summed E-state index contributed by atoms with van der Waals surface area (Å²) in [5.41, 5.74) is 0. The molecule has 0 aliphatic carbocycles. The van der Waals surface area contributed by atoms with Crippen LogP contribution in [0.1, 0.15) is 12.8 Å². The Hall–Kier alpha value is -2.19. The Kier molecular flexibility index (Phi) is 10.6. The van der Waals surface area contributed by atoms with Crippen LogP contribution >= 0.6 is 0 Å². The van der Waals surface area contributed by atoms with Crippen LogP contribution in [0.25, 0.3) is 0 Å². The van der Waals surface area contributed by atoms with Gasteiger partial charge in [-0.2, -0.15) is 0 Å². The third kappa shape index (κ3) is 10.9. The van der Waals surface area contributed by atoms with Crippen molar-refractivity contribution in [2.75, 3.05) is 40.4 Å². The topological polar surface area (TPSA) is 118 Å². The van der Waals surface area contributed by atoms with Crippen LogP contribution in [-0.4, -0.2) is 58.6 Å². The SMILES string of the molecule is COC(=O)NCCCNC(=O)NCCCNC(=O)OC. The van der Waals surface area contributed by atoms with E-state index in [0.29, 0.717) is 39.0 Å². The van der Waals surface area contributed by atoms with Crippen molar-refractivity contribution in [1.29, 1.82) is 0 Å². The van der Waals surface area contributed by atoms with E-state index < -0.39 is 12.2 Å². The third-order valence-corrected chi connectivity index (χ3v) is 2.19. The monoisotopic (exact) mass is 290 g/mol. The predicted molar refractivity (Wildman–Crippen MR) is 71.5 cm³/mol. The van der Waals surface area contributed by atoms with Crippen molar-refractivity contribution >= 4 is 18.2 Å². The molecule has 0 aromatic heterocycles. The van der Waals surface area contributed by atoms with E-state index in [-0.39, 0.29) is 6.03 Å². The van der Waals surface area contributed by atoms with E-state index in [0.717, 1.165) is 0 Å². The lowest BCUT2D eigenvalue weighted by molar-refractivity contribution is 0.170. The van der Waals surface area contributed by atoms with Gasteiger partial charge in [0.1, 0.15) is 0 Å². The lowest BCUT2D eigenvalue weighted by Crippen LogP contribution is -2.38. The molecule has 0 unspecified atom stereocenters. The average molecular weight is 290 g/mol. The zero-order valence-corrected chi connectivity index (χ0v) is 11.8. The molecule has 0 radical (unpaired) electrons. The molecule has 0 aliphatic heterocycles. The maximum absolute atomic E-state index is 11.3. The number of carbonyl (C=O) groups is 3. The van der Waals surface area contributed by atoms with Crippen LogP contribution in [0.5, 0.6) is 0 Å². The minimum atomic E-state index is -0.493. The fourth-order valence-corrected chi connectivity index (χ4v) is 1.17. The Bertz CT molecular complexity index is 283. The maximum Gasteiger partial charge on any atom is 0.406 e. The molecule has 0 bridgehead atoms. The summed E-state index contributed by atoms with van der Waals surface area (Å²) < 4.78 is 8.78. The molecule has 9 nitrogen and oxygen atoms in total. The quantitative estimate of drug-likeness (QED) is 0.461. The number of hydrogen-bond donors (Lipinski definition) is 4. The highest BCUT2D eigenvalue weighted by Gasteiger charge is 2.01. The maximum atomic E-state index is 11.3. The lowest BCUT2D eigenvalue weighted by atomic mass is 10.4. The molecule has 0 saturated carbocycles. The van der Waals surface area contributed by atoms with Gasteiger partial charge >= 0.3 is 18.2 Å². The van der Waals surface area contributed by atoms with Gasteiger partial charge in [-0.1, -0.05) is 0 Å². The first-order valence-electron chi connectivity index (χ1n) is 6.25. The van der Waals surface area contributed by atoms with E-state index in [9.17, 15) is 14.4 Å². The van der Waals surface area contributed by atoms with Crippen molar-refractivity contribution in [1.82, 2.24) is 21.3 Å². The van der Waals surface area contributed by atoms with Gasteiger partial charge in [0, 0.05) is 26.2 Å². The molecule has 0 atom stereocenters. The molecule has 4 amide bonds. The van der Waals surface area contributed by atoms with E-state index in [1.54, 1.807) is 0 Å². The van der Waals surface area contributed by atoms with E-state index >= 15 is 0 Å². The number of amides is 4. The summed E-state index contributed by atoms with van der Waals surface area (Å²) >= 11 is 0. The number of carbonyl (C=O) groups excluding carboxylic acids is 3. The van der Waals surface area contributed by atoms with Gasteiger partial charge in [-0.25, -0.2) is 14.4 Å². The van der Waals surface area contributed by atoms with Gasteiger partial charge in [0.05, 0.1) is 14.2 Å². The van der Waals surface area contributed by atoms with Gasteiger partial charge < -0.3 is 30.7 Å². The first-order valence-corrected chi connectivity index (χ1v) is 6.25. The number of alkyl carbamates (subject to hydrolysis) is 2. The number of nitrogens with one attached hydrogen (secondary N) is 4. The van der Waals surface area contributed by atoms with Crippen LogP contribution in [0.4, 0.5) is 14.4 Å². The summed E-state index contributed by atoms with van der Waals surface area (Å²) in [7, 11) is 2.58. The molecule has 0 aromatic rings. The van der Waals surface area contributed by atoms with E-state index in [1.165, 1.54) is 14.2 Å². The van der Waals surface area contributed by atoms with Crippen LogP contribution in [0.2, 0.25) is 0 Å². The summed E-state index contributed by atoms with van der Waals surface area (Å²) in [6.45, 7) is 1.73. The molecular weight excluding hydrogens is 268 g/mol. The molecule has 0 aromatic carbocycles. The molecule has 0 heterocycles. The predicted octanol–water partition coefficient (Wildman–Crippen LogP) is -0.222. The van der Waals surface area contributed by atoms with Gasteiger partial charge in [-0.3, -0.25) is 0 Å². The average Bonchev–Trinajstić information content (AvgIpc) is 2.45. The second-order valence-electron chi connectivity index (χ2n) is 3.73. The number of hydrogen-bond acceptors (Lipinski definition) is 5. The number of ether oxygens (including phenoxy) is 2. The Balaban J connectivity index is 3.33. The van der Waals surface area contributed by atoms with Crippen molar-refractivity contribution in [2.45, 2.75) is 12.8 Å². The zero-order valence-electron chi connectivity index (χ0n) is 11.8. The van der Waals surface area contributed by atoms with E-state index in [4.69, 9.17) is 0 Å². The van der Waals surface area contributed by atoms with E-state index in [2.05, 4.69) is 30.7 Å². The molecule has 0 rings (SSSR count). The molecular formula is C11H22N4O5. The highest BCUT2D eigenvalue weighted by atomic mass is 16.5. The normalized spacial score (nSPS) is 9.30. The van der Waals surface area contributed by atoms with Crippen molar-refractivity contribution in [2.24, 2.45) is 0 Å². The standard InChI is InChI=1S/C11H22N4O5/c1-19-10(17)14-7-3-5-12-9(16)13-6-4-8-15-11(18)20-2/h3-8H2,1-2H3,(H,14,17)(H,15,18)(H2,12,13,16). The fraction of sp³-hybridized carbons (Fsp3) is 0.727. The van der Waals surface area contributed by atoms with Gasteiger partial charge in [0.25, 0.3) is 0 Å². The second-order valence-corrected chi connectivity index (χ2v) is 3.73. The smallest absolute Gasteiger partial charge is 0.406 e. The summed E-state index contributed by atoms with van der Waals surface area (Å²) in [5.74, 6) is 0.